The molecule has 2 N–H and O–H groups in total. The number of alkyl halides is 1. The first kappa shape index (κ1) is 9.49. The van der Waals surface area contributed by atoms with Gasteiger partial charge in [-0.05, 0) is 24.6 Å². The average Bonchev–Trinajstić information content (AvgIpc) is 2.54. The Morgan fingerprint density at radius 1 is 1.50 bits per heavy atom. The summed E-state index contributed by atoms with van der Waals surface area (Å²) in [6.07, 6.45) is 0. The summed E-state index contributed by atoms with van der Waals surface area (Å²) in [6.45, 7) is 2.74. The molecule has 0 aliphatic heterocycles. The van der Waals surface area contributed by atoms with Gasteiger partial charge >= 0.3 is 0 Å². The van der Waals surface area contributed by atoms with Crippen molar-refractivity contribution in [3.63, 3.8) is 0 Å². The van der Waals surface area contributed by atoms with Crippen molar-refractivity contribution in [2.24, 2.45) is 0 Å². The Kier molecular flexibility index (Phi) is 2.70. The SMILES string of the molecule is Cc1nc2ccc(CNCCl)cc2[nH]1. The van der Waals surface area contributed by atoms with E-state index in [0.717, 1.165) is 23.4 Å². The van der Waals surface area contributed by atoms with Crippen molar-refractivity contribution in [1.29, 1.82) is 0 Å². The Balaban J connectivity index is 2.31. The minimum atomic E-state index is 0.472. The summed E-state index contributed by atoms with van der Waals surface area (Å²) in [5, 5.41) is 3.07. The van der Waals surface area contributed by atoms with Gasteiger partial charge in [-0.2, -0.15) is 0 Å². The number of aromatic nitrogens is 2. The molecule has 4 heteroatoms. The van der Waals surface area contributed by atoms with E-state index >= 15 is 0 Å². The number of imidazole rings is 1. The van der Waals surface area contributed by atoms with Crippen LogP contribution in [0, 0.1) is 6.92 Å². The zero-order valence-corrected chi connectivity index (χ0v) is 8.73. The fourth-order valence-electron chi connectivity index (χ4n) is 1.49. The van der Waals surface area contributed by atoms with Gasteiger partial charge < -0.3 is 4.98 Å². The molecule has 2 aromatic rings. The fourth-order valence-corrected chi connectivity index (χ4v) is 1.58. The molecule has 74 valence electrons. The number of hydrogen-bond acceptors (Lipinski definition) is 2. The summed E-state index contributed by atoms with van der Waals surface area (Å²) in [4.78, 5) is 7.54. The van der Waals surface area contributed by atoms with Crippen molar-refractivity contribution in [2.75, 3.05) is 6.00 Å². The maximum atomic E-state index is 5.54. The van der Waals surface area contributed by atoms with Gasteiger partial charge in [0, 0.05) is 6.54 Å². The van der Waals surface area contributed by atoms with Gasteiger partial charge in [-0.3, -0.25) is 5.32 Å². The first-order chi connectivity index (χ1) is 6.79. The number of nitrogens with zero attached hydrogens (tertiary/aromatic N) is 1. The largest absolute Gasteiger partial charge is 0.342 e. The summed E-state index contributed by atoms with van der Waals surface area (Å²) >= 11 is 5.54. The van der Waals surface area contributed by atoms with E-state index in [0.29, 0.717) is 6.00 Å². The number of aryl methyl sites for hydroxylation is 1. The number of hydrogen-bond donors (Lipinski definition) is 2. The van der Waals surface area contributed by atoms with E-state index in [1.165, 1.54) is 5.56 Å². The standard InChI is InChI=1S/C10H12ClN3/c1-7-13-9-3-2-8(5-12-6-11)4-10(9)14-7/h2-4,12H,5-6H2,1H3,(H,13,14). The molecule has 0 bridgehead atoms. The highest BCUT2D eigenvalue weighted by Gasteiger charge is 1.99. The van der Waals surface area contributed by atoms with Gasteiger partial charge in [0.1, 0.15) is 5.82 Å². The topological polar surface area (TPSA) is 40.7 Å². The van der Waals surface area contributed by atoms with Crippen LogP contribution in [0.5, 0.6) is 0 Å². The van der Waals surface area contributed by atoms with Crippen LogP contribution in [0.4, 0.5) is 0 Å². The molecule has 0 aliphatic carbocycles. The van der Waals surface area contributed by atoms with Crippen molar-refractivity contribution in [3.8, 4) is 0 Å². The van der Waals surface area contributed by atoms with Gasteiger partial charge in [0.2, 0.25) is 0 Å². The second-order valence-electron chi connectivity index (χ2n) is 3.23. The lowest BCUT2D eigenvalue weighted by molar-refractivity contribution is 0.792. The number of aromatic amines is 1. The molecule has 0 unspecified atom stereocenters. The van der Waals surface area contributed by atoms with Crippen LogP contribution in [0.1, 0.15) is 11.4 Å². The van der Waals surface area contributed by atoms with Crippen LogP contribution in [0.15, 0.2) is 18.2 Å². The number of rotatable bonds is 3. The molecule has 0 saturated carbocycles. The van der Waals surface area contributed by atoms with Gasteiger partial charge in [-0.25, -0.2) is 4.98 Å². The first-order valence-electron chi connectivity index (χ1n) is 4.51. The van der Waals surface area contributed by atoms with Crippen LogP contribution in [-0.2, 0) is 6.54 Å². The van der Waals surface area contributed by atoms with Crippen LogP contribution >= 0.6 is 11.6 Å². The molecule has 1 heterocycles. The summed E-state index contributed by atoms with van der Waals surface area (Å²) < 4.78 is 0. The average molecular weight is 210 g/mol. The lowest BCUT2D eigenvalue weighted by Crippen LogP contribution is -2.09. The van der Waals surface area contributed by atoms with Crippen LogP contribution in [0.3, 0.4) is 0 Å². The van der Waals surface area contributed by atoms with Crippen LogP contribution < -0.4 is 5.32 Å². The van der Waals surface area contributed by atoms with E-state index < -0.39 is 0 Å². The van der Waals surface area contributed by atoms with Crippen LogP contribution in [-0.4, -0.2) is 16.0 Å². The second kappa shape index (κ2) is 3.98. The van der Waals surface area contributed by atoms with Crippen molar-refractivity contribution in [2.45, 2.75) is 13.5 Å². The third kappa shape index (κ3) is 1.89. The Hall–Kier alpha value is -1.06. The molecule has 0 aliphatic rings. The van der Waals surface area contributed by atoms with Gasteiger partial charge in [0.25, 0.3) is 0 Å². The third-order valence-electron chi connectivity index (χ3n) is 2.09. The Morgan fingerprint density at radius 3 is 3.14 bits per heavy atom. The molecule has 0 fully saturated rings. The van der Waals surface area contributed by atoms with Gasteiger partial charge in [0.15, 0.2) is 0 Å². The van der Waals surface area contributed by atoms with Crippen molar-refractivity contribution in [3.05, 3.63) is 29.6 Å². The smallest absolute Gasteiger partial charge is 0.104 e. The molecular formula is C10H12ClN3. The zero-order valence-electron chi connectivity index (χ0n) is 7.97. The Labute approximate surface area is 87.5 Å². The lowest BCUT2D eigenvalue weighted by Gasteiger charge is -2.00. The molecule has 0 saturated heterocycles. The molecule has 0 amide bonds. The van der Waals surface area contributed by atoms with Gasteiger partial charge in [0.05, 0.1) is 17.0 Å². The minimum absolute atomic E-state index is 0.472. The molecule has 0 spiro atoms. The van der Waals surface area contributed by atoms with Gasteiger partial charge in [-0.15, -0.1) is 11.6 Å². The normalized spacial score (nSPS) is 11.0. The number of halogens is 1. The molecule has 0 atom stereocenters. The molecule has 1 aromatic heterocycles. The van der Waals surface area contributed by atoms with Crippen molar-refractivity contribution < 1.29 is 0 Å². The number of fused-ring (bicyclic) bond motifs is 1. The zero-order chi connectivity index (χ0) is 9.97. The molecular weight excluding hydrogens is 198 g/mol. The number of benzene rings is 1. The van der Waals surface area contributed by atoms with Crippen molar-refractivity contribution in [1.82, 2.24) is 15.3 Å². The quantitative estimate of drug-likeness (QED) is 0.601. The van der Waals surface area contributed by atoms with Crippen molar-refractivity contribution >= 4 is 22.6 Å². The van der Waals surface area contributed by atoms with E-state index in [1.54, 1.807) is 0 Å². The molecule has 0 radical (unpaired) electrons. The van der Waals surface area contributed by atoms with Gasteiger partial charge in [-0.1, -0.05) is 6.07 Å². The molecule has 2 rings (SSSR count). The maximum Gasteiger partial charge on any atom is 0.104 e. The molecule has 14 heavy (non-hydrogen) atoms. The number of H-pyrrole nitrogens is 1. The predicted molar refractivity (Wildman–Crippen MR) is 58.4 cm³/mol. The first-order valence-corrected chi connectivity index (χ1v) is 5.05. The van der Waals surface area contributed by atoms with Crippen LogP contribution in [0.25, 0.3) is 11.0 Å². The Morgan fingerprint density at radius 2 is 2.36 bits per heavy atom. The highest BCUT2D eigenvalue weighted by atomic mass is 35.5. The highest BCUT2D eigenvalue weighted by molar-refractivity contribution is 6.17. The third-order valence-corrected chi connectivity index (χ3v) is 2.28. The second-order valence-corrected chi connectivity index (χ2v) is 3.50. The monoisotopic (exact) mass is 209 g/mol. The maximum absolute atomic E-state index is 5.54. The van der Waals surface area contributed by atoms with E-state index in [-0.39, 0.29) is 0 Å². The summed E-state index contributed by atoms with van der Waals surface area (Å²) in [5.41, 5.74) is 3.30. The Bertz CT molecular complexity index is 436. The summed E-state index contributed by atoms with van der Waals surface area (Å²) in [7, 11) is 0. The van der Waals surface area contributed by atoms with E-state index in [1.807, 2.05) is 13.0 Å². The molecule has 1 aromatic carbocycles. The van der Waals surface area contributed by atoms with E-state index in [9.17, 15) is 0 Å². The fraction of sp³-hybridized carbons (Fsp3) is 0.300. The summed E-state index contributed by atoms with van der Waals surface area (Å²) in [6, 6.07) is 6.64. The predicted octanol–water partition coefficient (Wildman–Crippen LogP) is 2.16. The van der Waals surface area contributed by atoms with E-state index in [4.69, 9.17) is 11.6 Å². The van der Waals surface area contributed by atoms with Crippen LogP contribution in [0.2, 0.25) is 0 Å². The highest BCUT2D eigenvalue weighted by Crippen LogP contribution is 2.13. The lowest BCUT2D eigenvalue weighted by atomic mass is 10.2. The molecule has 3 nitrogen and oxygen atoms in total. The minimum Gasteiger partial charge on any atom is -0.342 e. The summed E-state index contributed by atoms with van der Waals surface area (Å²) in [5.74, 6) is 0.947. The van der Waals surface area contributed by atoms with E-state index in [2.05, 4.69) is 27.4 Å². The number of nitrogens with one attached hydrogen (secondary N) is 2.